The zero-order chi connectivity index (χ0) is 15.5. The number of benzene rings is 1. The summed E-state index contributed by atoms with van der Waals surface area (Å²) in [5.41, 5.74) is 1.39. The zero-order valence-electron chi connectivity index (χ0n) is 12.3. The van der Waals surface area contributed by atoms with Crippen LogP contribution >= 0.6 is 11.3 Å². The summed E-state index contributed by atoms with van der Waals surface area (Å²) in [5, 5.41) is 8.61. The van der Waals surface area contributed by atoms with E-state index in [1.54, 1.807) is 12.1 Å². The van der Waals surface area contributed by atoms with Gasteiger partial charge in [0.15, 0.2) is 5.13 Å². The number of anilines is 1. The summed E-state index contributed by atoms with van der Waals surface area (Å²) < 4.78 is 13.2. The Morgan fingerprint density at radius 3 is 3.14 bits per heavy atom. The molecule has 0 unspecified atom stereocenters. The van der Waals surface area contributed by atoms with Gasteiger partial charge in [0.25, 0.3) is 0 Å². The van der Waals surface area contributed by atoms with E-state index < -0.39 is 0 Å². The van der Waals surface area contributed by atoms with E-state index in [-0.39, 0.29) is 17.6 Å². The molecule has 2 heterocycles. The van der Waals surface area contributed by atoms with E-state index in [0.717, 1.165) is 19.4 Å². The Bertz CT molecular complexity index is 673. The predicted octanol–water partition coefficient (Wildman–Crippen LogP) is 3.28. The lowest BCUT2D eigenvalue weighted by Gasteiger charge is -2.26. The molecule has 1 fully saturated rings. The third kappa shape index (κ3) is 3.51. The van der Waals surface area contributed by atoms with Crippen molar-refractivity contribution in [3.63, 3.8) is 0 Å². The molecule has 1 amide bonds. The number of aromatic nitrogens is 1. The summed E-state index contributed by atoms with van der Waals surface area (Å²) in [6.07, 6.45) is 1.69. The molecule has 1 aromatic carbocycles. The average Bonchev–Trinajstić information content (AvgIpc) is 2.96. The lowest BCUT2D eigenvalue weighted by molar-refractivity contribution is -0.120. The number of carbonyl (C=O) groups is 1. The molecular formula is C16H18FN3OS. The second-order valence-corrected chi connectivity index (χ2v) is 6.47. The van der Waals surface area contributed by atoms with Crippen LogP contribution in [0.2, 0.25) is 0 Å². The number of nitrogens with zero attached hydrogens (tertiary/aromatic N) is 1. The minimum Gasteiger partial charge on any atom is -0.314 e. The highest BCUT2D eigenvalue weighted by Crippen LogP contribution is 2.26. The highest BCUT2D eigenvalue weighted by atomic mass is 32.1. The highest BCUT2D eigenvalue weighted by Gasteiger charge is 2.25. The van der Waals surface area contributed by atoms with Gasteiger partial charge in [-0.15, -0.1) is 11.3 Å². The predicted molar refractivity (Wildman–Crippen MR) is 86.3 cm³/mol. The van der Waals surface area contributed by atoms with Gasteiger partial charge in [0, 0.05) is 22.9 Å². The van der Waals surface area contributed by atoms with Gasteiger partial charge in [-0.25, -0.2) is 9.37 Å². The molecule has 0 saturated carbocycles. The SMILES string of the molecule is C[C@H]1C[C@@H](C(=O)Nc2nc(-c3cccc(F)c3)cs2)CCN1. The molecule has 6 heteroatoms. The van der Waals surface area contributed by atoms with Crippen LogP contribution in [-0.4, -0.2) is 23.5 Å². The van der Waals surface area contributed by atoms with Crippen molar-refractivity contribution in [2.45, 2.75) is 25.8 Å². The monoisotopic (exact) mass is 319 g/mol. The third-order valence-corrected chi connectivity index (χ3v) is 4.61. The highest BCUT2D eigenvalue weighted by molar-refractivity contribution is 7.14. The molecule has 1 aliphatic rings. The number of thiazole rings is 1. The Kier molecular flexibility index (Phi) is 4.49. The maximum Gasteiger partial charge on any atom is 0.229 e. The number of carbonyl (C=O) groups excluding carboxylic acids is 1. The van der Waals surface area contributed by atoms with Crippen molar-refractivity contribution in [2.24, 2.45) is 5.92 Å². The van der Waals surface area contributed by atoms with Gasteiger partial charge in [0.1, 0.15) is 5.82 Å². The van der Waals surface area contributed by atoms with Crippen LogP contribution in [0, 0.1) is 11.7 Å². The molecular weight excluding hydrogens is 301 g/mol. The maximum absolute atomic E-state index is 13.2. The second-order valence-electron chi connectivity index (χ2n) is 5.61. The van der Waals surface area contributed by atoms with Crippen molar-refractivity contribution < 1.29 is 9.18 Å². The third-order valence-electron chi connectivity index (χ3n) is 3.85. The number of hydrogen-bond donors (Lipinski definition) is 2. The molecule has 0 aliphatic carbocycles. The molecule has 0 radical (unpaired) electrons. The van der Waals surface area contributed by atoms with E-state index in [1.165, 1.54) is 23.5 Å². The first kappa shape index (κ1) is 15.1. The first-order valence-corrected chi connectivity index (χ1v) is 8.25. The fourth-order valence-electron chi connectivity index (χ4n) is 2.69. The van der Waals surface area contributed by atoms with E-state index >= 15 is 0 Å². The summed E-state index contributed by atoms with van der Waals surface area (Å²) in [6.45, 7) is 2.95. The number of nitrogens with one attached hydrogen (secondary N) is 2. The Labute approximate surface area is 132 Å². The standard InChI is InChI=1S/C16H18FN3OS/c1-10-7-12(5-6-18-10)15(21)20-16-19-14(9-22-16)11-3-2-4-13(17)8-11/h2-4,8-10,12,18H,5-7H2,1H3,(H,19,20,21)/t10-,12-/m0/s1. The first-order chi connectivity index (χ1) is 10.6. The fraction of sp³-hybridized carbons (Fsp3) is 0.375. The number of hydrogen-bond acceptors (Lipinski definition) is 4. The molecule has 0 bridgehead atoms. The molecule has 1 saturated heterocycles. The van der Waals surface area contributed by atoms with Gasteiger partial charge in [-0.1, -0.05) is 12.1 Å². The Morgan fingerprint density at radius 2 is 2.36 bits per heavy atom. The van der Waals surface area contributed by atoms with Gasteiger partial charge in [0.2, 0.25) is 5.91 Å². The van der Waals surface area contributed by atoms with Crippen molar-refractivity contribution in [2.75, 3.05) is 11.9 Å². The Balaban J connectivity index is 1.68. The molecule has 4 nitrogen and oxygen atoms in total. The van der Waals surface area contributed by atoms with Crippen LogP contribution in [0.1, 0.15) is 19.8 Å². The molecule has 2 aromatic rings. The normalized spacial score (nSPS) is 21.5. The van der Waals surface area contributed by atoms with Crippen molar-refractivity contribution >= 4 is 22.4 Å². The molecule has 2 N–H and O–H groups in total. The van der Waals surface area contributed by atoms with E-state index in [0.29, 0.717) is 22.4 Å². The summed E-state index contributed by atoms with van der Waals surface area (Å²) in [5.74, 6) is -0.244. The summed E-state index contributed by atoms with van der Waals surface area (Å²) in [7, 11) is 0. The topological polar surface area (TPSA) is 54.0 Å². The quantitative estimate of drug-likeness (QED) is 0.913. The van der Waals surface area contributed by atoms with Crippen LogP contribution in [-0.2, 0) is 4.79 Å². The van der Waals surface area contributed by atoms with E-state index in [9.17, 15) is 9.18 Å². The smallest absolute Gasteiger partial charge is 0.229 e. The molecule has 3 rings (SSSR count). The van der Waals surface area contributed by atoms with Crippen molar-refractivity contribution in [3.05, 3.63) is 35.5 Å². The summed E-state index contributed by atoms with van der Waals surface area (Å²) >= 11 is 1.36. The van der Waals surface area contributed by atoms with Crippen LogP contribution in [0.25, 0.3) is 11.3 Å². The van der Waals surface area contributed by atoms with Gasteiger partial charge < -0.3 is 10.6 Å². The fourth-order valence-corrected chi connectivity index (χ4v) is 3.41. The first-order valence-electron chi connectivity index (χ1n) is 7.37. The number of rotatable bonds is 3. The van der Waals surface area contributed by atoms with Crippen molar-refractivity contribution in [1.82, 2.24) is 10.3 Å². The lowest BCUT2D eigenvalue weighted by Crippen LogP contribution is -2.40. The molecule has 1 aromatic heterocycles. The zero-order valence-corrected chi connectivity index (χ0v) is 13.1. The number of piperidine rings is 1. The van der Waals surface area contributed by atoms with Crippen molar-refractivity contribution in [1.29, 1.82) is 0 Å². The molecule has 0 spiro atoms. The summed E-state index contributed by atoms with van der Waals surface area (Å²) in [6, 6.07) is 6.66. The van der Waals surface area contributed by atoms with Crippen LogP contribution < -0.4 is 10.6 Å². The van der Waals surface area contributed by atoms with Crippen LogP contribution in [0.4, 0.5) is 9.52 Å². The van der Waals surface area contributed by atoms with Gasteiger partial charge in [0.05, 0.1) is 5.69 Å². The second kappa shape index (κ2) is 6.54. The van der Waals surface area contributed by atoms with E-state index in [1.807, 2.05) is 5.38 Å². The number of halogens is 1. The van der Waals surface area contributed by atoms with Crippen LogP contribution in [0.15, 0.2) is 29.6 Å². The summed E-state index contributed by atoms with van der Waals surface area (Å²) in [4.78, 5) is 16.7. The van der Waals surface area contributed by atoms with Crippen molar-refractivity contribution in [3.8, 4) is 11.3 Å². The van der Waals surface area contributed by atoms with Crippen LogP contribution in [0.5, 0.6) is 0 Å². The van der Waals surface area contributed by atoms with Crippen LogP contribution in [0.3, 0.4) is 0 Å². The van der Waals surface area contributed by atoms with Gasteiger partial charge in [-0.2, -0.15) is 0 Å². The number of amides is 1. The average molecular weight is 319 g/mol. The minimum absolute atomic E-state index is 0.0218. The minimum atomic E-state index is -0.292. The maximum atomic E-state index is 13.2. The Hall–Kier alpha value is -1.79. The molecule has 22 heavy (non-hydrogen) atoms. The van der Waals surface area contributed by atoms with Gasteiger partial charge >= 0.3 is 0 Å². The molecule has 1 aliphatic heterocycles. The Morgan fingerprint density at radius 1 is 1.50 bits per heavy atom. The molecule has 116 valence electrons. The van der Waals surface area contributed by atoms with E-state index in [4.69, 9.17) is 0 Å². The molecule has 2 atom stereocenters. The van der Waals surface area contributed by atoms with Gasteiger partial charge in [-0.3, -0.25) is 4.79 Å². The lowest BCUT2D eigenvalue weighted by atomic mass is 9.92. The van der Waals surface area contributed by atoms with E-state index in [2.05, 4.69) is 22.5 Å². The largest absolute Gasteiger partial charge is 0.314 e. The van der Waals surface area contributed by atoms with Gasteiger partial charge in [-0.05, 0) is 38.4 Å².